The van der Waals surface area contributed by atoms with Crippen LogP contribution in [0.3, 0.4) is 0 Å². The quantitative estimate of drug-likeness (QED) is 0.293. The molecule has 2 atom stereocenters. The van der Waals surface area contributed by atoms with Gasteiger partial charge in [0.05, 0.1) is 0 Å². The van der Waals surface area contributed by atoms with Crippen molar-refractivity contribution in [3.63, 3.8) is 0 Å². The van der Waals surface area contributed by atoms with E-state index in [0.717, 1.165) is 12.8 Å². The first-order valence-corrected chi connectivity index (χ1v) is 12.8. The number of phenols is 1. The van der Waals surface area contributed by atoms with Crippen LogP contribution in [0.1, 0.15) is 90.8 Å². The predicted molar refractivity (Wildman–Crippen MR) is 142 cm³/mol. The Morgan fingerprint density at radius 1 is 1.11 bits per heavy atom. The average molecular weight is 521 g/mol. The molecule has 1 rings (SSSR count). The Kier molecular flexibility index (Phi) is 12.4. The van der Waals surface area contributed by atoms with Gasteiger partial charge in [0.25, 0.3) is 0 Å². The SMILES string of the molecule is CCCCCN(C(=O)C(CCC(N)=O)NC(=O)OC(C)(C)C)C(C(=O)NC(C)C)c1ccc(O)c(C)c1. The molecule has 0 fully saturated rings. The Labute approximate surface area is 220 Å². The Morgan fingerprint density at radius 3 is 2.27 bits per heavy atom. The second-order valence-electron chi connectivity index (χ2n) is 10.6. The van der Waals surface area contributed by atoms with Gasteiger partial charge in [0, 0.05) is 19.0 Å². The second kappa shape index (κ2) is 14.4. The molecule has 1 aromatic carbocycles. The van der Waals surface area contributed by atoms with Crippen LogP contribution in [0.5, 0.6) is 5.75 Å². The lowest BCUT2D eigenvalue weighted by Gasteiger charge is -2.35. The van der Waals surface area contributed by atoms with Crippen molar-refractivity contribution in [2.24, 2.45) is 5.73 Å². The molecular weight excluding hydrogens is 476 g/mol. The number of amides is 4. The zero-order chi connectivity index (χ0) is 28.3. The molecule has 0 saturated heterocycles. The van der Waals surface area contributed by atoms with Crippen molar-refractivity contribution in [3.05, 3.63) is 29.3 Å². The highest BCUT2D eigenvalue weighted by molar-refractivity contribution is 5.92. The summed E-state index contributed by atoms with van der Waals surface area (Å²) in [5, 5.41) is 15.5. The molecule has 0 aliphatic carbocycles. The summed E-state index contributed by atoms with van der Waals surface area (Å²) in [7, 11) is 0. The molecule has 4 amide bonds. The van der Waals surface area contributed by atoms with E-state index < -0.39 is 41.5 Å². The number of nitrogens with two attached hydrogens (primary N) is 1. The maximum absolute atomic E-state index is 14.0. The average Bonchev–Trinajstić information content (AvgIpc) is 2.76. The monoisotopic (exact) mass is 520 g/mol. The van der Waals surface area contributed by atoms with Crippen LogP contribution in [-0.2, 0) is 19.1 Å². The minimum atomic E-state index is -1.14. The number of benzene rings is 1. The van der Waals surface area contributed by atoms with E-state index >= 15 is 0 Å². The van der Waals surface area contributed by atoms with Crippen LogP contribution in [0.4, 0.5) is 4.79 Å². The van der Waals surface area contributed by atoms with Crippen LogP contribution in [0.2, 0.25) is 0 Å². The lowest BCUT2D eigenvalue weighted by atomic mass is 9.98. The number of rotatable bonds is 13. The number of primary amides is 1. The molecule has 37 heavy (non-hydrogen) atoms. The summed E-state index contributed by atoms with van der Waals surface area (Å²) in [6.45, 7) is 12.7. The van der Waals surface area contributed by atoms with E-state index in [4.69, 9.17) is 10.5 Å². The first kappa shape index (κ1) is 31.7. The minimum Gasteiger partial charge on any atom is -0.508 e. The highest BCUT2D eigenvalue weighted by atomic mass is 16.6. The number of phenolic OH excluding ortho intramolecular Hbond substituents is 1. The molecule has 0 aliphatic heterocycles. The molecule has 10 nitrogen and oxygen atoms in total. The zero-order valence-corrected chi connectivity index (χ0v) is 23.2. The molecule has 0 aromatic heterocycles. The number of nitrogens with zero attached hydrogens (tertiary/aromatic N) is 1. The molecule has 0 heterocycles. The van der Waals surface area contributed by atoms with Crippen LogP contribution < -0.4 is 16.4 Å². The normalized spacial score (nSPS) is 13.0. The molecule has 0 radical (unpaired) electrons. The third kappa shape index (κ3) is 11.1. The summed E-state index contributed by atoms with van der Waals surface area (Å²) < 4.78 is 5.33. The van der Waals surface area contributed by atoms with Crippen LogP contribution in [0, 0.1) is 6.92 Å². The number of alkyl carbamates (subject to hydrolysis) is 1. The van der Waals surface area contributed by atoms with E-state index in [0.29, 0.717) is 17.5 Å². The fourth-order valence-corrected chi connectivity index (χ4v) is 3.78. The van der Waals surface area contributed by atoms with Gasteiger partial charge in [-0.2, -0.15) is 0 Å². The topological polar surface area (TPSA) is 151 Å². The highest BCUT2D eigenvalue weighted by Crippen LogP contribution is 2.28. The van der Waals surface area contributed by atoms with Gasteiger partial charge in [0.1, 0.15) is 23.4 Å². The van der Waals surface area contributed by atoms with E-state index in [1.54, 1.807) is 39.8 Å². The van der Waals surface area contributed by atoms with Gasteiger partial charge in [-0.3, -0.25) is 14.4 Å². The smallest absolute Gasteiger partial charge is 0.408 e. The van der Waals surface area contributed by atoms with Crippen molar-refractivity contribution in [2.75, 3.05) is 6.54 Å². The van der Waals surface area contributed by atoms with E-state index in [1.807, 2.05) is 20.8 Å². The number of hydrogen-bond donors (Lipinski definition) is 4. The standard InChI is InChI=1S/C27H44N4O6/c1-8-9-10-15-31(23(24(34)29-17(2)3)19-11-13-21(32)18(4)16-19)25(35)20(12-14-22(28)33)30-26(36)37-27(5,6)7/h11,13,16-17,20,23,32H,8-10,12,14-15H2,1-7H3,(H2,28,33)(H,29,34)(H,30,36). The summed E-state index contributed by atoms with van der Waals surface area (Å²) in [5.41, 5.74) is 5.61. The summed E-state index contributed by atoms with van der Waals surface area (Å²) in [5.74, 6) is -1.47. The van der Waals surface area contributed by atoms with Gasteiger partial charge in [0.15, 0.2) is 0 Å². The number of unbranched alkanes of at least 4 members (excludes halogenated alkanes) is 2. The molecule has 10 heteroatoms. The van der Waals surface area contributed by atoms with E-state index in [1.165, 1.54) is 11.0 Å². The van der Waals surface area contributed by atoms with Gasteiger partial charge >= 0.3 is 6.09 Å². The van der Waals surface area contributed by atoms with Gasteiger partial charge in [-0.1, -0.05) is 25.8 Å². The van der Waals surface area contributed by atoms with Crippen LogP contribution >= 0.6 is 0 Å². The summed E-state index contributed by atoms with van der Waals surface area (Å²) >= 11 is 0. The van der Waals surface area contributed by atoms with Gasteiger partial charge in [-0.15, -0.1) is 0 Å². The first-order chi connectivity index (χ1) is 17.2. The molecule has 0 bridgehead atoms. The fraction of sp³-hybridized carbons (Fsp3) is 0.630. The third-order valence-electron chi connectivity index (χ3n) is 5.48. The van der Waals surface area contributed by atoms with Crippen molar-refractivity contribution in [1.29, 1.82) is 0 Å². The van der Waals surface area contributed by atoms with E-state index in [9.17, 15) is 24.3 Å². The zero-order valence-electron chi connectivity index (χ0n) is 23.2. The predicted octanol–water partition coefficient (Wildman–Crippen LogP) is 3.44. The lowest BCUT2D eigenvalue weighted by Crippen LogP contribution is -2.54. The number of carbonyl (C=O) groups is 4. The molecule has 0 spiro atoms. The lowest BCUT2D eigenvalue weighted by molar-refractivity contribution is -0.143. The van der Waals surface area contributed by atoms with Crippen LogP contribution in [-0.4, -0.2) is 58.1 Å². The molecule has 0 saturated carbocycles. The Morgan fingerprint density at radius 2 is 1.76 bits per heavy atom. The highest BCUT2D eigenvalue weighted by Gasteiger charge is 2.36. The maximum atomic E-state index is 14.0. The van der Waals surface area contributed by atoms with Gasteiger partial charge in [0.2, 0.25) is 17.7 Å². The van der Waals surface area contributed by atoms with Crippen molar-refractivity contribution in [3.8, 4) is 5.75 Å². The number of aromatic hydroxyl groups is 1. The van der Waals surface area contributed by atoms with Crippen molar-refractivity contribution < 1.29 is 29.0 Å². The largest absolute Gasteiger partial charge is 0.508 e. The molecule has 5 N–H and O–H groups in total. The van der Waals surface area contributed by atoms with Gasteiger partial charge < -0.3 is 31.1 Å². The number of carbonyl (C=O) groups excluding carboxylic acids is 4. The minimum absolute atomic E-state index is 0.0508. The number of nitrogens with one attached hydrogen (secondary N) is 2. The van der Waals surface area contributed by atoms with Crippen molar-refractivity contribution >= 4 is 23.8 Å². The molecule has 208 valence electrons. The Hall–Kier alpha value is -3.30. The molecular formula is C27H44N4O6. The van der Waals surface area contributed by atoms with Crippen molar-refractivity contribution in [2.45, 2.75) is 104 Å². The van der Waals surface area contributed by atoms with Crippen LogP contribution in [0.15, 0.2) is 18.2 Å². The fourth-order valence-electron chi connectivity index (χ4n) is 3.78. The summed E-state index contributed by atoms with van der Waals surface area (Å²) in [4.78, 5) is 53.0. The number of hydrogen-bond acceptors (Lipinski definition) is 6. The summed E-state index contributed by atoms with van der Waals surface area (Å²) in [6, 6.07) is 2.40. The Bertz CT molecular complexity index is 941. The summed E-state index contributed by atoms with van der Waals surface area (Å²) in [6.07, 6.45) is 1.33. The molecule has 0 aliphatic rings. The first-order valence-electron chi connectivity index (χ1n) is 12.8. The van der Waals surface area contributed by atoms with Crippen molar-refractivity contribution in [1.82, 2.24) is 15.5 Å². The van der Waals surface area contributed by atoms with E-state index in [-0.39, 0.29) is 31.2 Å². The molecule has 2 unspecified atom stereocenters. The second-order valence-corrected chi connectivity index (χ2v) is 10.6. The number of aryl methyl sites for hydroxylation is 1. The van der Waals surface area contributed by atoms with Gasteiger partial charge in [-0.05, 0) is 77.6 Å². The Balaban J connectivity index is 3.53. The number of ether oxygens (including phenoxy) is 1. The van der Waals surface area contributed by atoms with Gasteiger partial charge in [-0.25, -0.2) is 4.79 Å². The maximum Gasteiger partial charge on any atom is 0.408 e. The molecule has 1 aromatic rings. The van der Waals surface area contributed by atoms with E-state index in [2.05, 4.69) is 10.6 Å². The van der Waals surface area contributed by atoms with Crippen LogP contribution in [0.25, 0.3) is 0 Å². The third-order valence-corrected chi connectivity index (χ3v) is 5.48.